The van der Waals surface area contributed by atoms with E-state index in [9.17, 15) is 5.11 Å². The lowest BCUT2D eigenvalue weighted by molar-refractivity contribution is 0.0600. The van der Waals surface area contributed by atoms with E-state index in [-0.39, 0.29) is 0 Å². The summed E-state index contributed by atoms with van der Waals surface area (Å²) in [5, 5.41) is 13.4. The molecule has 4 heteroatoms. The van der Waals surface area contributed by atoms with Gasteiger partial charge in [0.2, 0.25) is 0 Å². The van der Waals surface area contributed by atoms with Crippen molar-refractivity contribution in [3.8, 4) is 0 Å². The van der Waals surface area contributed by atoms with Crippen molar-refractivity contribution in [2.24, 2.45) is 0 Å². The van der Waals surface area contributed by atoms with E-state index in [1.54, 1.807) is 0 Å². The number of aromatic nitrogens is 2. The fraction of sp³-hybridized carbons (Fsp3) is 0.700. The van der Waals surface area contributed by atoms with Crippen molar-refractivity contribution >= 4 is 0 Å². The Morgan fingerprint density at radius 1 is 1.71 bits per heavy atom. The van der Waals surface area contributed by atoms with Gasteiger partial charge in [0.1, 0.15) is 0 Å². The number of nitrogens with one attached hydrogen (secondary N) is 1. The van der Waals surface area contributed by atoms with Crippen molar-refractivity contribution in [3.63, 3.8) is 0 Å². The Balaban J connectivity index is 2.09. The Hall–Kier alpha value is -0.870. The maximum atomic E-state index is 10.2. The summed E-state index contributed by atoms with van der Waals surface area (Å²) in [4.78, 5) is 4.10. The third-order valence-electron chi connectivity index (χ3n) is 2.87. The summed E-state index contributed by atoms with van der Waals surface area (Å²) >= 11 is 0. The first kappa shape index (κ1) is 9.68. The molecule has 78 valence electrons. The molecule has 1 aliphatic heterocycles. The van der Waals surface area contributed by atoms with Crippen LogP contribution in [0.2, 0.25) is 0 Å². The summed E-state index contributed by atoms with van der Waals surface area (Å²) in [5.74, 6) is 0. The SMILES string of the molecule is CCn1cncc1CC1(O)CCNC1. The predicted molar refractivity (Wildman–Crippen MR) is 54.0 cm³/mol. The van der Waals surface area contributed by atoms with Crippen LogP contribution in [-0.4, -0.2) is 33.3 Å². The molecule has 0 bridgehead atoms. The van der Waals surface area contributed by atoms with E-state index in [0.29, 0.717) is 13.0 Å². The summed E-state index contributed by atoms with van der Waals surface area (Å²) in [5.41, 5.74) is 0.561. The molecule has 0 amide bonds. The molecule has 0 aromatic carbocycles. The number of hydrogen-bond donors (Lipinski definition) is 2. The second-order valence-corrected chi connectivity index (χ2v) is 4.00. The first-order valence-electron chi connectivity index (χ1n) is 5.16. The molecular formula is C10H17N3O. The van der Waals surface area contributed by atoms with Crippen LogP contribution in [-0.2, 0) is 13.0 Å². The highest BCUT2D eigenvalue weighted by Crippen LogP contribution is 2.19. The molecule has 2 N–H and O–H groups in total. The van der Waals surface area contributed by atoms with E-state index in [1.165, 1.54) is 0 Å². The Bertz CT molecular complexity index is 302. The monoisotopic (exact) mass is 195 g/mol. The van der Waals surface area contributed by atoms with Gasteiger partial charge < -0.3 is 15.0 Å². The first-order valence-corrected chi connectivity index (χ1v) is 5.16. The maximum Gasteiger partial charge on any atom is 0.0948 e. The molecule has 1 unspecified atom stereocenters. The molecule has 0 spiro atoms. The van der Waals surface area contributed by atoms with Gasteiger partial charge in [0.25, 0.3) is 0 Å². The minimum Gasteiger partial charge on any atom is -0.388 e. The number of aryl methyl sites for hydroxylation is 1. The Kier molecular flexibility index (Phi) is 2.56. The first-order chi connectivity index (χ1) is 6.73. The average molecular weight is 195 g/mol. The summed E-state index contributed by atoms with van der Waals surface area (Å²) in [7, 11) is 0. The van der Waals surface area contributed by atoms with Crippen LogP contribution in [0.3, 0.4) is 0 Å². The van der Waals surface area contributed by atoms with Crippen LogP contribution in [0.4, 0.5) is 0 Å². The van der Waals surface area contributed by atoms with Crippen LogP contribution in [0, 0.1) is 0 Å². The number of imidazole rings is 1. The zero-order chi connectivity index (χ0) is 10.0. The minimum absolute atomic E-state index is 0.563. The summed E-state index contributed by atoms with van der Waals surface area (Å²) in [6.07, 6.45) is 5.20. The Labute approximate surface area is 84.0 Å². The highest BCUT2D eigenvalue weighted by atomic mass is 16.3. The molecule has 1 aliphatic rings. The van der Waals surface area contributed by atoms with Crippen molar-refractivity contribution < 1.29 is 5.11 Å². The zero-order valence-electron chi connectivity index (χ0n) is 8.53. The van der Waals surface area contributed by atoms with E-state index < -0.39 is 5.60 Å². The van der Waals surface area contributed by atoms with Crippen molar-refractivity contribution in [1.82, 2.24) is 14.9 Å². The van der Waals surface area contributed by atoms with Crippen LogP contribution >= 0.6 is 0 Å². The summed E-state index contributed by atoms with van der Waals surface area (Å²) < 4.78 is 2.08. The molecule has 4 nitrogen and oxygen atoms in total. The zero-order valence-corrected chi connectivity index (χ0v) is 8.53. The molecule has 1 atom stereocenters. The van der Waals surface area contributed by atoms with Gasteiger partial charge in [-0.15, -0.1) is 0 Å². The molecule has 14 heavy (non-hydrogen) atoms. The number of nitrogens with zero attached hydrogens (tertiary/aromatic N) is 2. The quantitative estimate of drug-likeness (QED) is 0.723. The number of β-amino-alcohol motifs (C(OH)–C–C–N with tert-alkyl or cyclic N) is 1. The second-order valence-electron chi connectivity index (χ2n) is 4.00. The normalized spacial score (nSPS) is 27.0. The van der Waals surface area contributed by atoms with E-state index in [1.807, 2.05) is 12.5 Å². The number of aliphatic hydroxyl groups is 1. The van der Waals surface area contributed by atoms with Gasteiger partial charge in [-0.25, -0.2) is 4.98 Å². The molecule has 0 saturated carbocycles. The third-order valence-corrected chi connectivity index (χ3v) is 2.87. The van der Waals surface area contributed by atoms with Crippen LogP contribution in [0.25, 0.3) is 0 Å². The summed E-state index contributed by atoms with van der Waals surface area (Å²) in [6, 6.07) is 0. The van der Waals surface area contributed by atoms with Gasteiger partial charge in [-0.3, -0.25) is 0 Å². The highest BCUT2D eigenvalue weighted by molar-refractivity contribution is 5.06. The third kappa shape index (κ3) is 1.81. The molecule has 0 aliphatic carbocycles. The lowest BCUT2D eigenvalue weighted by atomic mass is 9.97. The standard InChI is InChI=1S/C10H17N3O/c1-2-13-8-12-6-9(13)5-10(14)3-4-11-7-10/h6,8,11,14H,2-5,7H2,1H3. The molecule has 0 radical (unpaired) electrons. The maximum absolute atomic E-state index is 10.2. The van der Waals surface area contributed by atoms with Crippen molar-refractivity contribution in [2.75, 3.05) is 13.1 Å². The molecular weight excluding hydrogens is 178 g/mol. The topological polar surface area (TPSA) is 50.1 Å². The van der Waals surface area contributed by atoms with Gasteiger partial charge in [0, 0.05) is 31.4 Å². The Morgan fingerprint density at radius 2 is 2.57 bits per heavy atom. The molecule has 2 heterocycles. The van der Waals surface area contributed by atoms with Crippen molar-refractivity contribution in [3.05, 3.63) is 18.2 Å². The Morgan fingerprint density at radius 3 is 3.21 bits per heavy atom. The lowest BCUT2D eigenvalue weighted by Gasteiger charge is -2.21. The van der Waals surface area contributed by atoms with Crippen LogP contribution < -0.4 is 5.32 Å². The fourth-order valence-corrected chi connectivity index (χ4v) is 2.00. The fourth-order valence-electron chi connectivity index (χ4n) is 2.00. The van der Waals surface area contributed by atoms with Crippen LogP contribution in [0.1, 0.15) is 19.0 Å². The van der Waals surface area contributed by atoms with E-state index in [2.05, 4.69) is 21.8 Å². The largest absolute Gasteiger partial charge is 0.388 e. The lowest BCUT2D eigenvalue weighted by Crippen LogP contribution is -2.34. The van der Waals surface area contributed by atoms with E-state index in [0.717, 1.165) is 25.2 Å². The number of rotatable bonds is 3. The van der Waals surface area contributed by atoms with Gasteiger partial charge in [0.05, 0.1) is 11.9 Å². The van der Waals surface area contributed by atoms with E-state index in [4.69, 9.17) is 0 Å². The van der Waals surface area contributed by atoms with Crippen molar-refractivity contribution in [1.29, 1.82) is 0 Å². The van der Waals surface area contributed by atoms with Gasteiger partial charge in [-0.2, -0.15) is 0 Å². The molecule has 1 aromatic rings. The van der Waals surface area contributed by atoms with Crippen LogP contribution in [0.15, 0.2) is 12.5 Å². The van der Waals surface area contributed by atoms with Crippen LogP contribution in [0.5, 0.6) is 0 Å². The smallest absolute Gasteiger partial charge is 0.0948 e. The molecule has 1 aromatic heterocycles. The van der Waals surface area contributed by atoms with Gasteiger partial charge in [-0.05, 0) is 19.9 Å². The van der Waals surface area contributed by atoms with Crippen molar-refractivity contribution in [2.45, 2.75) is 31.9 Å². The second kappa shape index (κ2) is 3.71. The summed E-state index contributed by atoms with van der Waals surface area (Å²) in [6.45, 7) is 4.61. The molecule has 1 fully saturated rings. The predicted octanol–water partition coefficient (Wildman–Crippen LogP) is 0.170. The average Bonchev–Trinajstić information content (AvgIpc) is 2.75. The minimum atomic E-state index is -0.563. The van der Waals surface area contributed by atoms with E-state index >= 15 is 0 Å². The van der Waals surface area contributed by atoms with Gasteiger partial charge >= 0.3 is 0 Å². The van der Waals surface area contributed by atoms with Gasteiger partial charge in [-0.1, -0.05) is 0 Å². The molecule has 1 saturated heterocycles. The highest BCUT2D eigenvalue weighted by Gasteiger charge is 2.31. The molecule has 2 rings (SSSR count). The van der Waals surface area contributed by atoms with Gasteiger partial charge in [0.15, 0.2) is 0 Å². The number of hydrogen-bond acceptors (Lipinski definition) is 3.